The van der Waals surface area contributed by atoms with Crippen LogP contribution in [0.5, 0.6) is 11.5 Å². The molecule has 2 aromatic carbocycles. The maximum atomic E-state index is 12.6. The number of carbonyl (C=O) groups is 1. The maximum absolute atomic E-state index is 12.6. The van der Waals surface area contributed by atoms with Crippen LogP contribution in [0.3, 0.4) is 0 Å². The molecule has 1 amide bonds. The summed E-state index contributed by atoms with van der Waals surface area (Å²) in [6.45, 7) is 2.62. The number of nitrogens with zero attached hydrogens (tertiary/aromatic N) is 3. The Labute approximate surface area is 162 Å². The zero-order chi connectivity index (χ0) is 18.8. The van der Waals surface area contributed by atoms with Gasteiger partial charge in [0.05, 0.1) is 6.07 Å². The Hall–Kier alpha value is -2.75. The van der Waals surface area contributed by atoms with Gasteiger partial charge in [0.2, 0.25) is 6.79 Å². The average Bonchev–Trinajstić information content (AvgIpc) is 3.17. The third-order valence-corrected chi connectivity index (χ3v) is 5.14. The van der Waals surface area contributed by atoms with Gasteiger partial charge in [-0.3, -0.25) is 9.69 Å². The SMILES string of the molecule is N#CC(c1ccc2c(c1)OCO2)N1CCN(C(=O)c2ccc(Cl)cc2)CC1. The van der Waals surface area contributed by atoms with E-state index in [0.717, 1.165) is 5.56 Å². The van der Waals surface area contributed by atoms with Gasteiger partial charge in [-0.1, -0.05) is 17.7 Å². The molecule has 2 aliphatic rings. The van der Waals surface area contributed by atoms with Crippen LogP contribution < -0.4 is 9.47 Å². The van der Waals surface area contributed by atoms with E-state index in [0.29, 0.717) is 48.3 Å². The van der Waals surface area contributed by atoms with Crippen molar-refractivity contribution in [1.29, 1.82) is 5.26 Å². The van der Waals surface area contributed by atoms with Crippen molar-refractivity contribution >= 4 is 17.5 Å². The monoisotopic (exact) mass is 383 g/mol. The molecule has 7 heteroatoms. The Balaban J connectivity index is 1.42. The molecule has 0 bridgehead atoms. The Morgan fingerprint density at radius 2 is 1.74 bits per heavy atom. The smallest absolute Gasteiger partial charge is 0.253 e. The van der Waals surface area contributed by atoms with Crippen molar-refractivity contribution in [3.05, 3.63) is 58.6 Å². The van der Waals surface area contributed by atoms with Crippen LogP contribution in [0.15, 0.2) is 42.5 Å². The largest absolute Gasteiger partial charge is 0.454 e. The minimum atomic E-state index is -0.382. The van der Waals surface area contributed by atoms with Gasteiger partial charge in [0, 0.05) is 36.8 Å². The van der Waals surface area contributed by atoms with E-state index in [1.54, 1.807) is 24.3 Å². The quantitative estimate of drug-likeness (QED) is 0.814. The summed E-state index contributed by atoms with van der Waals surface area (Å²) in [5.41, 5.74) is 1.50. The van der Waals surface area contributed by atoms with Crippen molar-refractivity contribution in [3.8, 4) is 17.6 Å². The molecular weight excluding hydrogens is 366 g/mol. The Morgan fingerprint density at radius 1 is 1.04 bits per heavy atom. The van der Waals surface area contributed by atoms with E-state index in [2.05, 4.69) is 11.0 Å². The molecule has 2 heterocycles. The molecule has 2 aromatic rings. The molecule has 1 saturated heterocycles. The first kappa shape index (κ1) is 17.7. The number of amides is 1. The van der Waals surface area contributed by atoms with E-state index in [9.17, 15) is 10.1 Å². The summed E-state index contributed by atoms with van der Waals surface area (Å²) in [4.78, 5) is 16.5. The van der Waals surface area contributed by atoms with Crippen molar-refractivity contribution in [3.63, 3.8) is 0 Å². The highest BCUT2D eigenvalue weighted by Crippen LogP contribution is 2.35. The minimum Gasteiger partial charge on any atom is -0.454 e. The first-order valence-corrected chi connectivity index (χ1v) is 9.11. The van der Waals surface area contributed by atoms with Crippen molar-refractivity contribution in [1.82, 2.24) is 9.80 Å². The molecular formula is C20H18ClN3O3. The van der Waals surface area contributed by atoms with Crippen molar-refractivity contribution in [2.75, 3.05) is 33.0 Å². The van der Waals surface area contributed by atoms with Gasteiger partial charge < -0.3 is 14.4 Å². The van der Waals surface area contributed by atoms with E-state index in [4.69, 9.17) is 21.1 Å². The molecule has 1 fully saturated rings. The van der Waals surface area contributed by atoms with E-state index in [1.165, 1.54) is 0 Å². The molecule has 2 aliphatic heterocycles. The van der Waals surface area contributed by atoms with Crippen LogP contribution >= 0.6 is 11.6 Å². The fraction of sp³-hybridized carbons (Fsp3) is 0.300. The topological polar surface area (TPSA) is 65.8 Å². The highest BCUT2D eigenvalue weighted by atomic mass is 35.5. The first-order valence-electron chi connectivity index (χ1n) is 8.74. The molecule has 0 radical (unpaired) electrons. The van der Waals surface area contributed by atoms with Crippen molar-refractivity contribution in [2.45, 2.75) is 6.04 Å². The van der Waals surface area contributed by atoms with E-state index >= 15 is 0 Å². The fourth-order valence-corrected chi connectivity index (χ4v) is 3.53. The maximum Gasteiger partial charge on any atom is 0.253 e. The van der Waals surface area contributed by atoms with Crippen LogP contribution in [0.4, 0.5) is 0 Å². The summed E-state index contributed by atoms with van der Waals surface area (Å²) < 4.78 is 10.7. The predicted octanol–water partition coefficient (Wildman–Crippen LogP) is 3.09. The number of benzene rings is 2. The third kappa shape index (κ3) is 3.57. The number of ether oxygens (including phenoxy) is 2. The number of nitriles is 1. The lowest BCUT2D eigenvalue weighted by Gasteiger charge is -2.37. The van der Waals surface area contributed by atoms with Gasteiger partial charge in [-0.05, 0) is 42.0 Å². The first-order chi connectivity index (χ1) is 13.2. The number of hydrogen-bond donors (Lipinski definition) is 0. The second-order valence-electron chi connectivity index (χ2n) is 6.48. The molecule has 1 atom stereocenters. The van der Waals surface area contributed by atoms with Gasteiger partial charge in [0.15, 0.2) is 11.5 Å². The average molecular weight is 384 g/mol. The zero-order valence-electron chi connectivity index (χ0n) is 14.6. The van der Waals surface area contributed by atoms with E-state index in [1.807, 2.05) is 23.1 Å². The summed E-state index contributed by atoms with van der Waals surface area (Å²) in [6, 6.07) is 14.5. The van der Waals surface area contributed by atoms with Gasteiger partial charge in [0.1, 0.15) is 6.04 Å². The molecule has 1 unspecified atom stereocenters. The summed E-state index contributed by atoms with van der Waals surface area (Å²) in [5.74, 6) is 1.36. The third-order valence-electron chi connectivity index (χ3n) is 4.89. The number of hydrogen-bond acceptors (Lipinski definition) is 5. The summed E-state index contributed by atoms with van der Waals surface area (Å²) in [6.07, 6.45) is 0. The molecule has 4 rings (SSSR count). The number of rotatable bonds is 3. The van der Waals surface area contributed by atoms with Gasteiger partial charge in [0.25, 0.3) is 5.91 Å². The standard InChI is InChI=1S/C20H18ClN3O3/c21-16-4-1-14(2-5-16)20(25)24-9-7-23(8-10-24)17(12-22)15-3-6-18-19(11-15)27-13-26-18/h1-6,11,17H,7-10,13H2. The molecule has 0 spiro atoms. The van der Waals surface area contributed by atoms with Gasteiger partial charge in [-0.25, -0.2) is 0 Å². The van der Waals surface area contributed by atoms with E-state index in [-0.39, 0.29) is 18.7 Å². The Morgan fingerprint density at radius 3 is 2.44 bits per heavy atom. The lowest BCUT2D eigenvalue weighted by molar-refractivity contribution is 0.0606. The molecule has 0 N–H and O–H groups in total. The molecule has 27 heavy (non-hydrogen) atoms. The van der Waals surface area contributed by atoms with Gasteiger partial charge in [-0.2, -0.15) is 5.26 Å². The Bertz CT molecular complexity index is 886. The van der Waals surface area contributed by atoms with Crippen LogP contribution in [-0.4, -0.2) is 48.7 Å². The highest BCUT2D eigenvalue weighted by Gasteiger charge is 2.28. The van der Waals surface area contributed by atoms with E-state index < -0.39 is 0 Å². The summed E-state index contributed by atoms with van der Waals surface area (Å²) in [5, 5.41) is 10.3. The van der Waals surface area contributed by atoms with Crippen LogP contribution in [0.25, 0.3) is 0 Å². The number of halogens is 1. The molecule has 0 aromatic heterocycles. The predicted molar refractivity (Wildman–Crippen MR) is 99.8 cm³/mol. The summed E-state index contributed by atoms with van der Waals surface area (Å²) in [7, 11) is 0. The number of piperazine rings is 1. The molecule has 0 aliphatic carbocycles. The molecule has 138 valence electrons. The zero-order valence-corrected chi connectivity index (χ0v) is 15.4. The highest BCUT2D eigenvalue weighted by molar-refractivity contribution is 6.30. The normalized spacial score (nSPS) is 17.4. The molecule has 6 nitrogen and oxygen atoms in total. The van der Waals surface area contributed by atoms with Crippen LogP contribution in [0.2, 0.25) is 5.02 Å². The number of fused-ring (bicyclic) bond motifs is 1. The van der Waals surface area contributed by atoms with Gasteiger partial charge in [-0.15, -0.1) is 0 Å². The van der Waals surface area contributed by atoms with Crippen molar-refractivity contribution < 1.29 is 14.3 Å². The summed E-state index contributed by atoms with van der Waals surface area (Å²) >= 11 is 5.89. The molecule has 0 saturated carbocycles. The second-order valence-corrected chi connectivity index (χ2v) is 6.92. The van der Waals surface area contributed by atoms with Crippen molar-refractivity contribution in [2.24, 2.45) is 0 Å². The lowest BCUT2D eigenvalue weighted by Crippen LogP contribution is -2.49. The lowest BCUT2D eigenvalue weighted by atomic mass is 10.0. The van der Waals surface area contributed by atoms with Crippen LogP contribution in [-0.2, 0) is 0 Å². The second kappa shape index (κ2) is 7.47. The van der Waals surface area contributed by atoms with Crippen LogP contribution in [0.1, 0.15) is 22.0 Å². The number of carbonyl (C=O) groups excluding carboxylic acids is 1. The fourth-order valence-electron chi connectivity index (χ4n) is 3.41. The van der Waals surface area contributed by atoms with Crippen LogP contribution in [0, 0.1) is 11.3 Å². The minimum absolute atomic E-state index is 0.0112. The Kier molecular flexibility index (Phi) is 4.88. The van der Waals surface area contributed by atoms with Gasteiger partial charge >= 0.3 is 0 Å².